The molecular formula is C11H18N2O. The van der Waals surface area contributed by atoms with E-state index in [0.717, 1.165) is 16.8 Å². The zero-order valence-corrected chi connectivity index (χ0v) is 9.27. The molecule has 0 spiro atoms. The molecule has 0 unspecified atom stereocenters. The van der Waals surface area contributed by atoms with Gasteiger partial charge in [-0.3, -0.25) is 4.79 Å². The van der Waals surface area contributed by atoms with Crippen LogP contribution in [0.5, 0.6) is 0 Å². The van der Waals surface area contributed by atoms with Crippen molar-refractivity contribution in [2.45, 2.75) is 40.3 Å². The minimum atomic E-state index is 0.0238. The Morgan fingerprint density at radius 3 is 2.57 bits per heavy atom. The van der Waals surface area contributed by atoms with E-state index in [0.29, 0.717) is 12.6 Å². The summed E-state index contributed by atoms with van der Waals surface area (Å²) in [4.78, 5) is 14.4. The molecular weight excluding hydrogens is 176 g/mol. The quantitative estimate of drug-likeness (QED) is 0.765. The topological polar surface area (TPSA) is 44.9 Å². The number of aryl methyl sites for hydroxylation is 2. The Balaban J connectivity index is 2.92. The van der Waals surface area contributed by atoms with Crippen LogP contribution in [0, 0.1) is 13.8 Å². The lowest BCUT2D eigenvalue weighted by atomic mass is 10.1. The number of rotatable bonds is 3. The number of pyridine rings is 1. The molecule has 14 heavy (non-hydrogen) atoms. The molecule has 1 heterocycles. The van der Waals surface area contributed by atoms with Gasteiger partial charge in [0, 0.05) is 23.8 Å². The van der Waals surface area contributed by atoms with Gasteiger partial charge in [0.1, 0.15) is 0 Å². The van der Waals surface area contributed by atoms with E-state index in [1.54, 1.807) is 0 Å². The number of nitrogens with one attached hydrogen (secondary N) is 2. The lowest BCUT2D eigenvalue weighted by Crippen LogP contribution is -2.27. The van der Waals surface area contributed by atoms with Gasteiger partial charge in [-0.15, -0.1) is 0 Å². The molecule has 0 aromatic carbocycles. The van der Waals surface area contributed by atoms with E-state index in [4.69, 9.17) is 0 Å². The average molecular weight is 194 g/mol. The molecule has 0 saturated heterocycles. The number of aromatic amines is 1. The van der Waals surface area contributed by atoms with Crippen LogP contribution >= 0.6 is 0 Å². The molecule has 2 N–H and O–H groups in total. The van der Waals surface area contributed by atoms with Crippen LogP contribution in [-0.2, 0) is 6.54 Å². The maximum absolute atomic E-state index is 11.6. The van der Waals surface area contributed by atoms with Gasteiger partial charge in [0.05, 0.1) is 0 Å². The Morgan fingerprint density at radius 2 is 2.07 bits per heavy atom. The lowest BCUT2D eigenvalue weighted by Gasteiger charge is -2.09. The summed E-state index contributed by atoms with van der Waals surface area (Å²) < 4.78 is 0. The maximum atomic E-state index is 11.6. The predicted molar refractivity (Wildman–Crippen MR) is 58.5 cm³/mol. The zero-order chi connectivity index (χ0) is 10.7. The third kappa shape index (κ3) is 2.70. The average Bonchev–Trinajstić information content (AvgIpc) is 2.01. The Morgan fingerprint density at radius 1 is 1.43 bits per heavy atom. The molecule has 0 fully saturated rings. The number of aromatic nitrogens is 1. The first kappa shape index (κ1) is 11.0. The SMILES string of the molecule is Cc1cc(C)c(CNC(C)C)c(=O)[nH]1. The van der Waals surface area contributed by atoms with Crippen LogP contribution in [0.2, 0.25) is 0 Å². The Bertz CT molecular complexity index is 366. The maximum Gasteiger partial charge on any atom is 0.252 e. The third-order valence-corrected chi connectivity index (χ3v) is 2.18. The van der Waals surface area contributed by atoms with E-state index in [1.165, 1.54) is 0 Å². The normalized spacial score (nSPS) is 10.9. The van der Waals surface area contributed by atoms with Crippen molar-refractivity contribution in [1.29, 1.82) is 0 Å². The molecule has 0 radical (unpaired) electrons. The van der Waals surface area contributed by atoms with Gasteiger partial charge in [-0.2, -0.15) is 0 Å². The third-order valence-electron chi connectivity index (χ3n) is 2.18. The molecule has 0 atom stereocenters. The number of hydrogen-bond acceptors (Lipinski definition) is 2. The van der Waals surface area contributed by atoms with Crippen LogP contribution < -0.4 is 10.9 Å². The second-order valence-corrected chi connectivity index (χ2v) is 3.98. The van der Waals surface area contributed by atoms with Gasteiger partial charge in [0.25, 0.3) is 5.56 Å². The molecule has 0 saturated carbocycles. The first-order chi connectivity index (χ1) is 6.50. The Kier molecular flexibility index (Phi) is 3.47. The predicted octanol–water partition coefficient (Wildman–Crippen LogP) is 1.49. The van der Waals surface area contributed by atoms with Gasteiger partial charge in [0.2, 0.25) is 0 Å². The summed E-state index contributed by atoms with van der Waals surface area (Å²) >= 11 is 0. The second-order valence-electron chi connectivity index (χ2n) is 3.98. The van der Waals surface area contributed by atoms with Crippen LogP contribution in [0.15, 0.2) is 10.9 Å². The van der Waals surface area contributed by atoms with Crippen molar-refractivity contribution in [2.24, 2.45) is 0 Å². The lowest BCUT2D eigenvalue weighted by molar-refractivity contribution is 0.584. The second kappa shape index (κ2) is 4.42. The standard InChI is InChI=1S/C11H18N2O/c1-7(2)12-6-10-8(3)5-9(4)13-11(10)14/h5,7,12H,6H2,1-4H3,(H,13,14). The summed E-state index contributed by atoms with van der Waals surface area (Å²) in [6.07, 6.45) is 0. The molecule has 0 aliphatic heterocycles. The van der Waals surface area contributed by atoms with Crippen molar-refractivity contribution in [3.63, 3.8) is 0 Å². The minimum Gasteiger partial charge on any atom is -0.326 e. The zero-order valence-electron chi connectivity index (χ0n) is 9.27. The Hall–Kier alpha value is -1.09. The molecule has 0 bridgehead atoms. The van der Waals surface area contributed by atoms with Crippen molar-refractivity contribution < 1.29 is 0 Å². The van der Waals surface area contributed by atoms with E-state index in [-0.39, 0.29) is 5.56 Å². The molecule has 3 heteroatoms. The largest absolute Gasteiger partial charge is 0.326 e. The first-order valence-corrected chi connectivity index (χ1v) is 4.93. The molecule has 1 rings (SSSR count). The van der Waals surface area contributed by atoms with Gasteiger partial charge < -0.3 is 10.3 Å². The van der Waals surface area contributed by atoms with Crippen LogP contribution in [-0.4, -0.2) is 11.0 Å². The van der Waals surface area contributed by atoms with Crippen LogP contribution in [0.1, 0.15) is 30.7 Å². The Labute approximate surface area is 84.6 Å². The smallest absolute Gasteiger partial charge is 0.252 e. The number of H-pyrrole nitrogens is 1. The summed E-state index contributed by atoms with van der Waals surface area (Å²) in [7, 11) is 0. The fourth-order valence-electron chi connectivity index (χ4n) is 1.41. The number of hydrogen-bond donors (Lipinski definition) is 2. The molecule has 1 aromatic heterocycles. The van der Waals surface area contributed by atoms with Gasteiger partial charge >= 0.3 is 0 Å². The molecule has 3 nitrogen and oxygen atoms in total. The highest BCUT2D eigenvalue weighted by molar-refractivity contribution is 5.24. The van der Waals surface area contributed by atoms with Crippen LogP contribution in [0.4, 0.5) is 0 Å². The fourth-order valence-corrected chi connectivity index (χ4v) is 1.41. The first-order valence-electron chi connectivity index (χ1n) is 4.93. The van der Waals surface area contributed by atoms with Gasteiger partial charge in [-0.25, -0.2) is 0 Å². The highest BCUT2D eigenvalue weighted by atomic mass is 16.1. The minimum absolute atomic E-state index is 0.0238. The molecule has 1 aromatic rings. The van der Waals surface area contributed by atoms with E-state index in [1.807, 2.05) is 19.9 Å². The monoisotopic (exact) mass is 194 g/mol. The van der Waals surface area contributed by atoms with Crippen molar-refractivity contribution in [3.8, 4) is 0 Å². The van der Waals surface area contributed by atoms with Crippen molar-refractivity contribution in [1.82, 2.24) is 10.3 Å². The van der Waals surface area contributed by atoms with Gasteiger partial charge in [0.15, 0.2) is 0 Å². The summed E-state index contributed by atoms with van der Waals surface area (Å²) in [5.74, 6) is 0. The molecule has 0 aliphatic rings. The fraction of sp³-hybridized carbons (Fsp3) is 0.545. The van der Waals surface area contributed by atoms with Crippen molar-refractivity contribution in [2.75, 3.05) is 0 Å². The highest BCUT2D eigenvalue weighted by Gasteiger charge is 2.04. The van der Waals surface area contributed by atoms with Gasteiger partial charge in [-0.1, -0.05) is 13.8 Å². The van der Waals surface area contributed by atoms with Gasteiger partial charge in [-0.05, 0) is 25.5 Å². The summed E-state index contributed by atoms with van der Waals surface area (Å²) in [6, 6.07) is 2.40. The highest BCUT2D eigenvalue weighted by Crippen LogP contribution is 2.03. The van der Waals surface area contributed by atoms with Crippen LogP contribution in [0.25, 0.3) is 0 Å². The van der Waals surface area contributed by atoms with E-state index in [9.17, 15) is 4.79 Å². The van der Waals surface area contributed by atoms with E-state index >= 15 is 0 Å². The van der Waals surface area contributed by atoms with Crippen LogP contribution in [0.3, 0.4) is 0 Å². The van der Waals surface area contributed by atoms with E-state index in [2.05, 4.69) is 24.1 Å². The summed E-state index contributed by atoms with van der Waals surface area (Å²) in [5, 5.41) is 3.24. The van der Waals surface area contributed by atoms with E-state index < -0.39 is 0 Å². The summed E-state index contributed by atoms with van der Waals surface area (Å²) in [6.45, 7) is 8.64. The summed E-state index contributed by atoms with van der Waals surface area (Å²) in [5.41, 5.74) is 2.83. The molecule has 0 amide bonds. The van der Waals surface area contributed by atoms with Crippen molar-refractivity contribution in [3.05, 3.63) is 33.2 Å². The van der Waals surface area contributed by atoms with Crippen molar-refractivity contribution >= 4 is 0 Å². The molecule has 78 valence electrons. The molecule has 0 aliphatic carbocycles.